The van der Waals surface area contributed by atoms with Gasteiger partial charge in [0.2, 0.25) is 0 Å². The summed E-state index contributed by atoms with van der Waals surface area (Å²) in [6.45, 7) is 2.70. The number of rotatable bonds is 4. The number of likely N-dealkylation sites (tertiary alicyclic amines) is 1. The molecule has 1 aliphatic rings. The molecule has 1 fully saturated rings. The molecule has 0 spiro atoms. The Morgan fingerprint density at radius 2 is 1.90 bits per heavy atom. The molecule has 0 aromatic carbocycles. The monoisotopic (exact) mass is 411 g/mol. The highest BCUT2D eigenvalue weighted by molar-refractivity contribution is 7.13. The van der Waals surface area contributed by atoms with E-state index >= 15 is 0 Å². The lowest BCUT2D eigenvalue weighted by Gasteiger charge is -2.39. The highest BCUT2D eigenvalue weighted by Crippen LogP contribution is 2.29. The number of hydrogen-bond acceptors (Lipinski definition) is 5. The quantitative estimate of drug-likeness (QED) is 0.659. The molecule has 7 nitrogen and oxygen atoms in total. The average molecular weight is 411 g/mol. The molecule has 4 rings (SSSR count). The molecule has 1 aliphatic heterocycles. The van der Waals surface area contributed by atoms with E-state index < -0.39 is 0 Å². The van der Waals surface area contributed by atoms with E-state index in [1.807, 2.05) is 30.5 Å². The Morgan fingerprint density at radius 1 is 1.14 bits per heavy atom. The number of aromatic nitrogens is 2. The number of nitrogens with zero attached hydrogens (tertiary/aromatic N) is 3. The summed E-state index contributed by atoms with van der Waals surface area (Å²) in [6.07, 6.45) is 1.43. The summed E-state index contributed by atoms with van der Waals surface area (Å²) in [6, 6.07) is 8.57. The summed E-state index contributed by atoms with van der Waals surface area (Å²) >= 11 is 1.49. The van der Waals surface area contributed by atoms with E-state index in [0.29, 0.717) is 30.0 Å². The van der Waals surface area contributed by atoms with Crippen LogP contribution in [0.5, 0.6) is 5.75 Å². The summed E-state index contributed by atoms with van der Waals surface area (Å²) in [5.41, 5.74) is 1.68. The molecule has 4 heterocycles. The van der Waals surface area contributed by atoms with Crippen LogP contribution in [0.2, 0.25) is 0 Å². The zero-order valence-electron chi connectivity index (χ0n) is 16.4. The predicted octanol–water partition coefficient (Wildman–Crippen LogP) is 2.02. The average Bonchev–Trinajstić information content (AvgIpc) is 3.18. The van der Waals surface area contributed by atoms with E-state index in [-0.39, 0.29) is 23.1 Å². The number of thiophene rings is 1. The van der Waals surface area contributed by atoms with Crippen molar-refractivity contribution in [2.24, 2.45) is 14.1 Å². The molecule has 8 heteroatoms. The molecule has 29 heavy (non-hydrogen) atoms. The molecule has 1 saturated heterocycles. The smallest absolute Gasteiger partial charge is 0.256 e. The van der Waals surface area contributed by atoms with Gasteiger partial charge in [0, 0.05) is 48.6 Å². The maximum Gasteiger partial charge on any atom is 0.256 e. The van der Waals surface area contributed by atoms with Crippen molar-refractivity contribution in [3.63, 3.8) is 0 Å². The van der Waals surface area contributed by atoms with Crippen LogP contribution in [-0.2, 0) is 14.1 Å². The van der Waals surface area contributed by atoms with Crippen LogP contribution in [0.3, 0.4) is 0 Å². The third kappa shape index (κ3) is 3.63. The van der Waals surface area contributed by atoms with Crippen molar-refractivity contribution in [1.82, 2.24) is 14.0 Å². The van der Waals surface area contributed by atoms with Gasteiger partial charge in [-0.1, -0.05) is 6.07 Å². The fourth-order valence-electron chi connectivity index (χ4n) is 3.28. The van der Waals surface area contributed by atoms with Crippen LogP contribution >= 0.6 is 11.3 Å². The van der Waals surface area contributed by atoms with Crippen LogP contribution in [0.25, 0.3) is 10.4 Å². The molecule has 0 aliphatic carbocycles. The van der Waals surface area contributed by atoms with Crippen LogP contribution in [0.4, 0.5) is 0 Å². The Labute approximate surface area is 171 Å². The van der Waals surface area contributed by atoms with Crippen molar-refractivity contribution in [2.75, 3.05) is 13.1 Å². The zero-order chi connectivity index (χ0) is 20.7. The molecule has 3 aromatic heterocycles. The largest absolute Gasteiger partial charge is 0.486 e. The molecule has 0 bridgehead atoms. The fraction of sp³-hybridized carbons (Fsp3) is 0.286. The zero-order valence-corrected chi connectivity index (χ0v) is 17.2. The van der Waals surface area contributed by atoms with E-state index in [9.17, 15) is 14.4 Å². The second kappa shape index (κ2) is 7.36. The topological polar surface area (TPSA) is 73.5 Å². The minimum absolute atomic E-state index is 0.127. The van der Waals surface area contributed by atoms with Gasteiger partial charge in [0.05, 0.1) is 18.7 Å². The Kier molecular flexibility index (Phi) is 4.87. The number of pyridine rings is 2. The van der Waals surface area contributed by atoms with Gasteiger partial charge in [0.15, 0.2) is 0 Å². The van der Waals surface area contributed by atoms with Crippen LogP contribution in [0.1, 0.15) is 16.1 Å². The lowest BCUT2D eigenvalue weighted by Crippen LogP contribution is -2.56. The molecule has 0 atom stereocenters. The number of carbonyl (C=O) groups excluding carboxylic acids is 1. The van der Waals surface area contributed by atoms with Crippen LogP contribution < -0.4 is 15.9 Å². The molecule has 3 aromatic rings. The number of aryl methyl sites for hydroxylation is 2. The Morgan fingerprint density at radius 3 is 2.55 bits per heavy atom. The van der Waals surface area contributed by atoms with Crippen LogP contribution in [0, 0.1) is 6.92 Å². The Balaban J connectivity index is 1.51. The number of hydrogen-bond donors (Lipinski definition) is 0. The first-order valence-electron chi connectivity index (χ1n) is 9.21. The Hall–Kier alpha value is -3.13. The van der Waals surface area contributed by atoms with E-state index in [1.54, 1.807) is 29.8 Å². The van der Waals surface area contributed by atoms with Gasteiger partial charge in [0.25, 0.3) is 17.0 Å². The first kappa shape index (κ1) is 19.2. The third-order valence-electron chi connectivity index (χ3n) is 5.16. The summed E-state index contributed by atoms with van der Waals surface area (Å²) < 4.78 is 8.84. The third-order valence-corrected chi connectivity index (χ3v) is 6.06. The van der Waals surface area contributed by atoms with Crippen molar-refractivity contribution in [2.45, 2.75) is 13.0 Å². The molecule has 0 N–H and O–H groups in total. The van der Waals surface area contributed by atoms with Gasteiger partial charge < -0.3 is 18.8 Å². The normalized spacial score (nSPS) is 14.0. The molecule has 0 radical (unpaired) electrons. The second-order valence-corrected chi connectivity index (χ2v) is 8.15. The predicted molar refractivity (Wildman–Crippen MR) is 112 cm³/mol. The first-order chi connectivity index (χ1) is 13.8. The van der Waals surface area contributed by atoms with Crippen LogP contribution in [0.15, 0.2) is 51.5 Å². The van der Waals surface area contributed by atoms with E-state index in [0.717, 1.165) is 10.6 Å². The molecule has 0 saturated carbocycles. The number of carbonyl (C=O) groups is 1. The van der Waals surface area contributed by atoms with Crippen molar-refractivity contribution < 1.29 is 9.53 Å². The SMILES string of the molecule is Cc1cc(OC2CN(C(=O)c3cn(C)c(=O)cc3-c3cccs3)C2)cc(=O)n1C. The van der Waals surface area contributed by atoms with Gasteiger partial charge >= 0.3 is 0 Å². The summed E-state index contributed by atoms with van der Waals surface area (Å²) in [5.74, 6) is 0.382. The van der Waals surface area contributed by atoms with E-state index in [1.165, 1.54) is 28.0 Å². The molecule has 0 unspecified atom stereocenters. The minimum atomic E-state index is -0.164. The summed E-state index contributed by atoms with van der Waals surface area (Å²) in [4.78, 5) is 39.6. The molecule has 1 amide bonds. The van der Waals surface area contributed by atoms with Gasteiger partial charge in [-0.15, -0.1) is 11.3 Å². The number of ether oxygens (including phenoxy) is 1. The van der Waals surface area contributed by atoms with E-state index in [4.69, 9.17) is 4.74 Å². The lowest BCUT2D eigenvalue weighted by atomic mass is 10.0. The van der Waals surface area contributed by atoms with Gasteiger partial charge in [0.1, 0.15) is 11.9 Å². The number of amides is 1. The van der Waals surface area contributed by atoms with Gasteiger partial charge in [-0.25, -0.2) is 0 Å². The Bertz CT molecular complexity index is 1190. The van der Waals surface area contributed by atoms with Crippen LogP contribution in [-0.4, -0.2) is 39.1 Å². The van der Waals surface area contributed by atoms with Gasteiger partial charge in [-0.2, -0.15) is 0 Å². The van der Waals surface area contributed by atoms with Gasteiger partial charge in [-0.05, 0) is 24.4 Å². The van der Waals surface area contributed by atoms with Crippen molar-refractivity contribution in [3.8, 4) is 16.2 Å². The lowest BCUT2D eigenvalue weighted by molar-refractivity contribution is 0.0176. The highest BCUT2D eigenvalue weighted by Gasteiger charge is 2.34. The van der Waals surface area contributed by atoms with Gasteiger partial charge in [-0.3, -0.25) is 14.4 Å². The molecular weight excluding hydrogens is 390 g/mol. The first-order valence-corrected chi connectivity index (χ1v) is 10.1. The van der Waals surface area contributed by atoms with Crippen molar-refractivity contribution >= 4 is 17.2 Å². The maximum absolute atomic E-state index is 13.1. The maximum atomic E-state index is 13.1. The molecule has 150 valence electrons. The highest BCUT2D eigenvalue weighted by atomic mass is 32.1. The summed E-state index contributed by atoms with van der Waals surface area (Å²) in [7, 11) is 3.35. The standard InChI is InChI=1S/C21H21N3O4S/c1-13-7-14(8-20(26)23(13)3)28-15-10-24(11-15)21(27)17-12-22(2)19(25)9-16(17)18-5-4-6-29-18/h4-9,12,15H,10-11H2,1-3H3. The second-order valence-electron chi connectivity index (χ2n) is 7.21. The fourth-order valence-corrected chi connectivity index (χ4v) is 4.04. The van der Waals surface area contributed by atoms with E-state index in [2.05, 4.69) is 0 Å². The summed E-state index contributed by atoms with van der Waals surface area (Å²) in [5, 5.41) is 1.92. The van der Waals surface area contributed by atoms with Crippen molar-refractivity contribution in [1.29, 1.82) is 0 Å². The van der Waals surface area contributed by atoms with Crippen molar-refractivity contribution in [3.05, 3.63) is 73.9 Å². The minimum Gasteiger partial charge on any atom is -0.486 e. The molecular formula is C21H21N3O4S.